The molecule has 2 aromatic heterocycles. The molecule has 1 aliphatic heterocycles. The average molecular weight is 388 g/mol. The number of hydroxylamine groups is 1. The van der Waals surface area contributed by atoms with Crippen molar-refractivity contribution in [2.75, 3.05) is 18.4 Å². The summed E-state index contributed by atoms with van der Waals surface area (Å²) < 4.78 is 0. The molecule has 0 unspecified atom stereocenters. The van der Waals surface area contributed by atoms with Crippen molar-refractivity contribution in [1.29, 1.82) is 0 Å². The van der Waals surface area contributed by atoms with Gasteiger partial charge < -0.3 is 5.32 Å². The highest BCUT2D eigenvalue weighted by molar-refractivity contribution is 6.33. The van der Waals surface area contributed by atoms with Gasteiger partial charge >= 0.3 is 0 Å². The van der Waals surface area contributed by atoms with Gasteiger partial charge in [0.1, 0.15) is 5.82 Å². The normalized spacial score (nSPS) is 15.8. The summed E-state index contributed by atoms with van der Waals surface area (Å²) in [4.78, 5) is 22.0. The van der Waals surface area contributed by atoms with E-state index in [0.717, 1.165) is 32.5 Å². The third kappa shape index (κ3) is 5.75. The number of nitrogens with zero attached hydrogens (tertiary/aromatic N) is 3. The van der Waals surface area contributed by atoms with Crippen molar-refractivity contribution in [3.05, 3.63) is 59.0 Å². The number of carbonyl (C=O) groups excluding carboxylic acids is 1. The highest BCUT2D eigenvalue weighted by Gasteiger charge is 2.20. The van der Waals surface area contributed by atoms with Gasteiger partial charge in [0.2, 0.25) is 0 Å². The topological polar surface area (TPSA) is 90.4 Å². The maximum Gasteiger partial charge on any atom is 0.267 e. The maximum atomic E-state index is 11.0. The summed E-state index contributed by atoms with van der Waals surface area (Å²) in [7, 11) is 0. The Labute approximate surface area is 163 Å². The summed E-state index contributed by atoms with van der Waals surface area (Å²) in [5, 5.41) is 12.4. The summed E-state index contributed by atoms with van der Waals surface area (Å²) in [6, 6.07) is 6.12. The zero-order valence-electron chi connectivity index (χ0n) is 14.8. The molecule has 8 heteroatoms. The van der Waals surface area contributed by atoms with Gasteiger partial charge in [-0.3, -0.25) is 19.9 Å². The van der Waals surface area contributed by atoms with Gasteiger partial charge in [-0.15, -0.1) is 0 Å². The Morgan fingerprint density at radius 1 is 1.37 bits per heavy atom. The third-order valence-corrected chi connectivity index (χ3v) is 4.75. The maximum absolute atomic E-state index is 11.0. The van der Waals surface area contributed by atoms with Gasteiger partial charge in [-0.2, -0.15) is 0 Å². The summed E-state index contributed by atoms with van der Waals surface area (Å²) >= 11 is 6.31. The molecule has 1 aliphatic rings. The minimum absolute atomic E-state index is 0.321. The van der Waals surface area contributed by atoms with Crippen LogP contribution in [0.5, 0.6) is 0 Å². The van der Waals surface area contributed by atoms with E-state index in [2.05, 4.69) is 26.3 Å². The van der Waals surface area contributed by atoms with Crippen LogP contribution in [0.25, 0.3) is 6.08 Å². The number of likely N-dealkylation sites (tertiary alicyclic amines) is 1. The first-order valence-electron chi connectivity index (χ1n) is 8.79. The lowest BCUT2D eigenvalue weighted by molar-refractivity contribution is -0.124. The number of piperidine rings is 1. The molecule has 3 rings (SSSR count). The second kappa shape index (κ2) is 9.45. The summed E-state index contributed by atoms with van der Waals surface area (Å²) in [6.07, 6.45) is 10.1. The van der Waals surface area contributed by atoms with E-state index in [9.17, 15) is 4.79 Å². The third-order valence-electron chi connectivity index (χ3n) is 4.46. The van der Waals surface area contributed by atoms with Crippen molar-refractivity contribution in [3.63, 3.8) is 0 Å². The van der Waals surface area contributed by atoms with E-state index < -0.39 is 5.91 Å². The lowest BCUT2D eigenvalue weighted by Crippen LogP contribution is -2.38. The van der Waals surface area contributed by atoms with Gasteiger partial charge in [-0.25, -0.2) is 10.5 Å². The SMILES string of the molecule is O=C(C=Cc1cnc(NC2CCN(Cc3cccnc3)CC2)c(Cl)c1)NO. The van der Waals surface area contributed by atoms with Gasteiger partial charge in [0.15, 0.2) is 0 Å². The predicted octanol–water partition coefficient (Wildman–Crippen LogP) is 2.73. The number of hydrogen-bond acceptors (Lipinski definition) is 6. The zero-order valence-corrected chi connectivity index (χ0v) is 15.6. The molecule has 1 amide bonds. The minimum Gasteiger partial charge on any atom is -0.366 e. The Hall–Kier alpha value is -2.48. The molecule has 0 saturated carbocycles. The van der Waals surface area contributed by atoms with Crippen molar-refractivity contribution in [1.82, 2.24) is 20.3 Å². The molecule has 0 spiro atoms. The second-order valence-corrected chi connectivity index (χ2v) is 6.87. The van der Waals surface area contributed by atoms with Crippen LogP contribution < -0.4 is 10.8 Å². The van der Waals surface area contributed by atoms with Crippen LogP contribution in [-0.2, 0) is 11.3 Å². The lowest BCUT2D eigenvalue weighted by atomic mass is 10.0. The number of amides is 1. The molecule has 0 aromatic carbocycles. The van der Waals surface area contributed by atoms with Crippen molar-refractivity contribution < 1.29 is 10.0 Å². The molecule has 0 atom stereocenters. The van der Waals surface area contributed by atoms with E-state index in [4.69, 9.17) is 16.8 Å². The Morgan fingerprint density at radius 2 is 2.19 bits per heavy atom. The highest BCUT2D eigenvalue weighted by atomic mass is 35.5. The van der Waals surface area contributed by atoms with E-state index in [-0.39, 0.29) is 0 Å². The summed E-state index contributed by atoms with van der Waals surface area (Å²) in [6.45, 7) is 2.92. The number of carbonyl (C=O) groups is 1. The first-order valence-corrected chi connectivity index (χ1v) is 9.17. The average Bonchev–Trinajstić information content (AvgIpc) is 2.70. The van der Waals surface area contributed by atoms with E-state index in [1.807, 2.05) is 12.3 Å². The van der Waals surface area contributed by atoms with Gasteiger partial charge in [0, 0.05) is 50.3 Å². The van der Waals surface area contributed by atoms with E-state index in [1.165, 1.54) is 23.2 Å². The molecule has 0 bridgehead atoms. The molecule has 2 aromatic rings. The van der Waals surface area contributed by atoms with Crippen LogP contribution in [0.1, 0.15) is 24.0 Å². The Kier molecular flexibility index (Phi) is 6.75. The molecule has 1 fully saturated rings. The molecule has 1 saturated heterocycles. The molecular weight excluding hydrogens is 366 g/mol. The Balaban J connectivity index is 1.51. The molecule has 3 N–H and O–H groups in total. The fraction of sp³-hybridized carbons (Fsp3) is 0.316. The van der Waals surface area contributed by atoms with Gasteiger partial charge in [-0.1, -0.05) is 17.7 Å². The number of aromatic nitrogens is 2. The van der Waals surface area contributed by atoms with Crippen molar-refractivity contribution >= 4 is 29.4 Å². The molecule has 7 nitrogen and oxygen atoms in total. The predicted molar refractivity (Wildman–Crippen MR) is 104 cm³/mol. The van der Waals surface area contributed by atoms with Crippen molar-refractivity contribution in [3.8, 4) is 0 Å². The van der Waals surface area contributed by atoms with E-state index >= 15 is 0 Å². The summed E-state index contributed by atoms with van der Waals surface area (Å²) in [5.41, 5.74) is 3.44. The number of anilines is 1. The number of rotatable bonds is 6. The van der Waals surface area contributed by atoms with Gasteiger partial charge in [0.25, 0.3) is 5.91 Å². The quantitative estimate of drug-likeness (QED) is 0.401. The number of hydrogen-bond donors (Lipinski definition) is 3. The van der Waals surface area contributed by atoms with Gasteiger partial charge in [0.05, 0.1) is 5.02 Å². The monoisotopic (exact) mass is 387 g/mol. The number of nitrogens with one attached hydrogen (secondary N) is 2. The van der Waals surface area contributed by atoms with Crippen molar-refractivity contribution in [2.45, 2.75) is 25.4 Å². The fourth-order valence-corrected chi connectivity index (χ4v) is 3.27. The zero-order chi connectivity index (χ0) is 19.1. The van der Waals surface area contributed by atoms with Crippen LogP contribution in [0.2, 0.25) is 5.02 Å². The van der Waals surface area contributed by atoms with Gasteiger partial charge in [-0.05, 0) is 42.2 Å². The van der Waals surface area contributed by atoms with E-state index in [1.54, 1.807) is 18.5 Å². The van der Waals surface area contributed by atoms with Crippen molar-refractivity contribution in [2.24, 2.45) is 0 Å². The molecule has 0 radical (unpaired) electrons. The van der Waals surface area contributed by atoms with E-state index in [0.29, 0.717) is 22.4 Å². The standard InChI is InChI=1S/C19H22ClN5O2/c20-17-10-14(3-4-18(26)24-27)12-22-19(17)23-16-5-8-25(9-6-16)13-15-2-1-7-21-11-15/h1-4,7,10-12,16,27H,5-6,8-9,13H2,(H,22,23)(H,24,26). The van der Waals surface area contributed by atoms with Crippen LogP contribution in [0.15, 0.2) is 42.9 Å². The molecular formula is C19H22ClN5O2. The van der Waals surface area contributed by atoms with Crippen LogP contribution >= 0.6 is 11.6 Å². The number of halogens is 1. The van der Waals surface area contributed by atoms with Crippen LogP contribution in [0.3, 0.4) is 0 Å². The smallest absolute Gasteiger partial charge is 0.267 e. The van der Waals surface area contributed by atoms with Crippen LogP contribution in [0.4, 0.5) is 5.82 Å². The fourth-order valence-electron chi connectivity index (χ4n) is 3.04. The van der Waals surface area contributed by atoms with Crippen LogP contribution in [0, 0.1) is 0 Å². The largest absolute Gasteiger partial charge is 0.366 e. The first kappa shape index (κ1) is 19.3. The molecule has 142 valence electrons. The summed E-state index contributed by atoms with van der Waals surface area (Å²) in [5.74, 6) is 0.0394. The first-order chi connectivity index (χ1) is 13.1. The Bertz CT molecular complexity index is 792. The molecule has 0 aliphatic carbocycles. The molecule has 27 heavy (non-hydrogen) atoms. The number of pyridine rings is 2. The minimum atomic E-state index is -0.605. The lowest BCUT2D eigenvalue weighted by Gasteiger charge is -2.32. The Morgan fingerprint density at radius 3 is 2.85 bits per heavy atom. The second-order valence-electron chi connectivity index (χ2n) is 6.46. The van der Waals surface area contributed by atoms with Crippen LogP contribution in [-0.4, -0.2) is 45.1 Å². The molecule has 3 heterocycles. The highest BCUT2D eigenvalue weighted by Crippen LogP contribution is 2.24.